The van der Waals surface area contributed by atoms with Gasteiger partial charge in [-0.2, -0.15) is 13.2 Å². The lowest BCUT2D eigenvalue weighted by Gasteiger charge is -2.21. The van der Waals surface area contributed by atoms with Crippen molar-refractivity contribution in [2.24, 2.45) is 5.92 Å². The number of amides is 2. The Morgan fingerprint density at radius 3 is 2.48 bits per heavy atom. The van der Waals surface area contributed by atoms with Gasteiger partial charge in [-0.25, -0.2) is 0 Å². The van der Waals surface area contributed by atoms with Crippen LogP contribution in [0, 0.1) is 5.92 Å². The molecule has 1 aromatic rings. The minimum absolute atomic E-state index is 0.0625. The smallest absolute Gasteiger partial charge is 0.341 e. The van der Waals surface area contributed by atoms with Crippen molar-refractivity contribution in [2.45, 2.75) is 12.7 Å². The fourth-order valence-electron chi connectivity index (χ4n) is 2.49. The molecule has 0 radical (unpaired) electrons. The van der Waals surface area contributed by atoms with Crippen molar-refractivity contribution in [3.05, 3.63) is 33.8 Å². The van der Waals surface area contributed by atoms with Gasteiger partial charge in [0.05, 0.1) is 10.0 Å². The van der Waals surface area contributed by atoms with Gasteiger partial charge in [0, 0.05) is 20.1 Å². The molecule has 1 heterocycles. The summed E-state index contributed by atoms with van der Waals surface area (Å²) in [6.07, 6.45) is -4.64. The highest BCUT2D eigenvalue weighted by Crippen LogP contribution is 2.25. The summed E-state index contributed by atoms with van der Waals surface area (Å²) in [5.41, 5.74) is 0.620. The topological polar surface area (TPSA) is 57.7 Å². The molecule has 1 saturated heterocycles. The summed E-state index contributed by atoms with van der Waals surface area (Å²) < 4.78 is 37.3. The second-order valence-electron chi connectivity index (χ2n) is 5.66. The standard InChI is InChI=1S/C15H13Cl2F3N2O3/c1-21(5-8-2-3-10(16)11(17)4-8)13(24)9-6-22(7-15(18,19)20)14(25)12(9)23/h2-4,9H,5-7H2,1H3. The van der Waals surface area contributed by atoms with Gasteiger partial charge in [-0.3, -0.25) is 14.4 Å². The minimum Gasteiger partial charge on any atom is -0.341 e. The van der Waals surface area contributed by atoms with E-state index in [-0.39, 0.29) is 11.6 Å². The van der Waals surface area contributed by atoms with E-state index in [0.717, 1.165) is 4.90 Å². The number of hydrogen-bond acceptors (Lipinski definition) is 3. The Morgan fingerprint density at radius 2 is 1.92 bits per heavy atom. The highest BCUT2D eigenvalue weighted by atomic mass is 35.5. The van der Waals surface area contributed by atoms with Crippen LogP contribution in [0.15, 0.2) is 18.2 Å². The third-order valence-electron chi connectivity index (χ3n) is 3.67. The predicted octanol–water partition coefficient (Wildman–Crippen LogP) is 2.54. The molecule has 10 heteroatoms. The quantitative estimate of drug-likeness (QED) is 0.580. The van der Waals surface area contributed by atoms with Crippen LogP contribution in [0.1, 0.15) is 5.56 Å². The van der Waals surface area contributed by atoms with Gasteiger partial charge in [0.15, 0.2) is 0 Å². The van der Waals surface area contributed by atoms with Crippen LogP contribution < -0.4 is 0 Å². The molecule has 25 heavy (non-hydrogen) atoms. The molecule has 1 aliphatic heterocycles. The Balaban J connectivity index is 2.07. The molecule has 1 unspecified atom stereocenters. The highest BCUT2D eigenvalue weighted by Gasteiger charge is 2.47. The number of carbonyl (C=O) groups excluding carboxylic acids is 3. The van der Waals surface area contributed by atoms with Crippen LogP contribution in [0.4, 0.5) is 13.2 Å². The number of ketones is 1. The van der Waals surface area contributed by atoms with E-state index >= 15 is 0 Å². The molecule has 2 amide bonds. The zero-order valence-corrected chi connectivity index (χ0v) is 14.5. The van der Waals surface area contributed by atoms with Crippen LogP contribution >= 0.6 is 23.2 Å². The fourth-order valence-corrected chi connectivity index (χ4v) is 2.81. The van der Waals surface area contributed by atoms with E-state index in [1.165, 1.54) is 19.2 Å². The molecule has 0 aromatic heterocycles. The van der Waals surface area contributed by atoms with Gasteiger partial charge in [0.25, 0.3) is 5.91 Å². The van der Waals surface area contributed by atoms with Crippen LogP contribution in [-0.2, 0) is 20.9 Å². The summed E-state index contributed by atoms with van der Waals surface area (Å²) in [5, 5.41) is 0.613. The van der Waals surface area contributed by atoms with Gasteiger partial charge in [-0.05, 0) is 17.7 Å². The largest absolute Gasteiger partial charge is 0.406 e. The van der Waals surface area contributed by atoms with Gasteiger partial charge in [0.2, 0.25) is 11.7 Å². The third kappa shape index (κ3) is 4.64. The van der Waals surface area contributed by atoms with E-state index in [2.05, 4.69) is 0 Å². The third-order valence-corrected chi connectivity index (χ3v) is 4.40. The number of rotatable bonds is 4. The first-order valence-corrected chi connectivity index (χ1v) is 7.84. The van der Waals surface area contributed by atoms with Crippen LogP contribution in [-0.4, -0.2) is 53.7 Å². The molecule has 2 rings (SSSR count). The van der Waals surface area contributed by atoms with Crippen molar-refractivity contribution < 1.29 is 27.6 Å². The zero-order valence-electron chi connectivity index (χ0n) is 12.9. The van der Waals surface area contributed by atoms with E-state index in [1.807, 2.05) is 0 Å². The average molecular weight is 397 g/mol. The summed E-state index contributed by atoms with van der Waals surface area (Å²) in [4.78, 5) is 37.3. The average Bonchev–Trinajstić information content (AvgIpc) is 2.77. The molecule has 0 spiro atoms. The Morgan fingerprint density at radius 1 is 1.28 bits per heavy atom. The second kappa shape index (κ2) is 7.21. The van der Waals surface area contributed by atoms with Crippen LogP contribution in [0.3, 0.4) is 0 Å². The van der Waals surface area contributed by atoms with Crippen molar-refractivity contribution in [3.8, 4) is 0 Å². The summed E-state index contributed by atoms with van der Waals surface area (Å²) in [7, 11) is 1.38. The van der Waals surface area contributed by atoms with E-state index in [1.54, 1.807) is 6.07 Å². The van der Waals surface area contributed by atoms with E-state index in [9.17, 15) is 27.6 Å². The normalized spacial score (nSPS) is 18.0. The van der Waals surface area contributed by atoms with Gasteiger partial charge in [0.1, 0.15) is 12.5 Å². The van der Waals surface area contributed by atoms with Crippen molar-refractivity contribution in [1.82, 2.24) is 9.80 Å². The molecular formula is C15H13Cl2F3N2O3. The number of alkyl halides is 3. The molecule has 0 bridgehead atoms. The van der Waals surface area contributed by atoms with E-state index in [4.69, 9.17) is 23.2 Å². The number of benzene rings is 1. The number of hydrogen-bond donors (Lipinski definition) is 0. The first-order chi connectivity index (χ1) is 11.5. The van der Waals surface area contributed by atoms with Crippen molar-refractivity contribution in [2.75, 3.05) is 20.1 Å². The molecule has 5 nitrogen and oxygen atoms in total. The Hall–Kier alpha value is -1.80. The van der Waals surface area contributed by atoms with E-state index in [0.29, 0.717) is 15.5 Å². The molecule has 1 aliphatic rings. The van der Waals surface area contributed by atoms with Crippen LogP contribution in [0.2, 0.25) is 10.0 Å². The summed E-state index contributed by atoms with van der Waals surface area (Å²) >= 11 is 11.7. The molecule has 0 saturated carbocycles. The Kier molecular flexibility index (Phi) is 5.63. The second-order valence-corrected chi connectivity index (χ2v) is 6.47. The number of halogens is 5. The molecule has 1 fully saturated rings. The lowest BCUT2D eigenvalue weighted by Crippen LogP contribution is -2.37. The molecule has 0 aliphatic carbocycles. The highest BCUT2D eigenvalue weighted by molar-refractivity contribution is 6.42. The molecular weight excluding hydrogens is 384 g/mol. The van der Waals surface area contributed by atoms with Crippen molar-refractivity contribution in [1.29, 1.82) is 0 Å². The lowest BCUT2D eigenvalue weighted by atomic mass is 10.1. The Labute approximate surface area is 151 Å². The van der Waals surface area contributed by atoms with Gasteiger partial charge in [-0.15, -0.1) is 0 Å². The molecule has 136 valence electrons. The predicted molar refractivity (Wildman–Crippen MR) is 84.1 cm³/mol. The van der Waals surface area contributed by atoms with Crippen LogP contribution in [0.25, 0.3) is 0 Å². The lowest BCUT2D eigenvalue weighted by molar-refractivity contribution is -0.159. The van der Waals surface area contributed by atoms with Crippen molar-refractivity contribution >= 4 is 40.8 Å². The maximum absolute atomic E-state index is 12.4. The van der Waals surface area contributed by atoms with E-state index < -0.39 is 42.8 Å². The van der Waals surface area contributed by atoms with Gasteiger partial charge < -0.3 is 9.80 Å². The number of likely N-dealkylation sites (tertiary alicyclic amines) is 1. The zero-order chi connectivity index (χ0) is 18.9. The van der Waals surface area contributed by atoms with Gasteiger partial charge >= 0.3 is 6.18 Å². The maximum atomic E-state index is 12.4. The minimum atomic E-state index is -4.64. The summed E-state index contributed by atoms with van der Waals surface area (Å²) in [6, 6.07) is 4.69. The van der Waals surface area contributed by atoms with Crippen molar-refractivity contribution in [3.63, 3.8) is 0 Å². The fraction of sp³-hybridized carbons (Fsp3) is 0.400. The monoisotopic (exact) mass is 396 g/mol. The Bertz CT molecular complexity index is 724. The van der Waals surface area contributed by atoms with Gasteiger partial charge in [-0.1, -0.05) is 29.3 Å². The summed E-state index contributed by atoms with van der Waals surface area (Å²) in [5.74, 6) is -4.59. The summed E-state index contributed by atoms with van der Waals surface area (Å²) in [6.45, 7) is -2.08. The SMILES string of the molecule is CN(Cc1ccc(Cl)c(Cl)c1)C(=O)C1CN(CC(F)(F)F)C(=O)C1=O. The maximum Gasteiger partial charge on any atom is 0.406 e. The van der Waals surface area contributed by atoms with Crippen LogP contribution in [0.5, 0.6) is 0 Å². The number of nitrogens with zero attached hydrogens (tertiary/aromatic N) is 2. The molecule has 1 atom stereocenters. The first kappa shape index (κ1) is 19.5. The molecule has 0 N–H and O–H groups in total. The molecule has 1 aromatic carbocycles. The number of Topliss-reactive ketones (excluding diaryl/α,β-unsaturated/α-hetero) is 1. The first-order valence-electron chi connectivity index (χ1n) is 7.08. The number of carbonyl (C=O) groups is 3.